The number of halogens is 1. The second-order valence-electron chi connectivity index (χ2n) is 4.64. The molecule has 0 spiro atoms. The van der Waals surface area contributed by atoms with E-state index in [9.17, 15) is 4.79 Å². The molecule has 1 aliphatic carbocycles. The summed E-state index contributed by atoms with van der Waals surface area (Å²) < 4.78 is 6.67. The first-order chi connectivity index (χ1) is 9.24. The smallest absolute Gasteiger partial charge is 0.163 e. The molecular formula is C16H13BrO2. The lowest BCUT2D eigenvalue weighted by Crippen LogP contribution is -1.98. The molecule has 0 atom stereocenters. The van der Waals surface area contributed by atoms with Crippen LogP contribution >= 0.6 is 15.9 Å². The molecule has 0 saturated heterocycles. The Hall–Kier alpha value is -1.61. The maximum absolute atomic E-state index is 11.6. The van der Waals surface area contributed by atoms with Gasteiger partial charge in [0.15, 0.2) is 5.78 Å². The number of ketones is 1. The summed E-state index contributed by atoms with van der Waals surface area (Å²) in [6, 6.07) is 13.9. The predicted molar refractivity (Wildman–Crippen MR) is 77.6 cm³/mol. The van der Waals surface area contributed by atoms with Gasteiger partial charge in [0.1, 0.15) is 12.4 Å². The van der Waals surface area contributed by atoms with E-state index in [4.69, 9.17) is 4.74 Å². The average Bonchev–Trinajstić information content (AvgIpc) is 2.78. The van der Waals surface area contributed by atoms with E-state index in [0.717, 1.165) is 33.3 Å². The normalized spacial score (nSPS) is 13.4. The van der Waals surface area contributed by atoms with E-state index in [1.165, 1.54) is 0 Å². The van der Waals surface area contributed by atoms with E-state index < -0.39 is 0 Å². The molecule has 0 bridgehead atoms. The Bertz CT molecular complexity index is 620. The van der Waals surface area contributed by atoms with Crippen molar-refractivity contribution in [1.29, 1.82) is 0 Å². The van der Waals surface area contributed by atoms with Crippen molar-refractivity contribution < 1.29 is 9.53 Å². The molecule has 0 radical (unpaired) electrons. The molecule has 0 aliphatic heterocycles. The molecular weight excluding hydrogens is 304 g/mol. The van der Waals surface area contributed by atoms with Gasteiger partial charge in [-0.25, -0.2) is 0 Å². The minimum Gasteiger partial charge on any atom is -0.488 e. The van der Waals surface area contributed by atoms with Gasteiger partial charge >= 0.3 is 0 Å². The summed E-state index contributed by atoms with van der Waals surface area (Å²) in [6.07, 6.45) is 1.44. The van der Waals surface area contributed by atoms with E-state index in [-0.39, 0.29) is 5.78 Å². The monoisotopic (exact) mass is 316 g/mol. The average molecular weight is 317 g/mol. The fourth-order valence-corrected chi connectivity index (χ4v) is 2.75. The van der Waals surface area contributed by atoms with Crippen LogP contribution in [0.5, 0.6) is 5.75 Å². The standard InChI is InChI=1S/C16H13BrO2/c17-14-9-13-12(6-7-15(13)18)8-16(14)19-10-11-4-2-1-3-5-11/h1-5,8-9H,6-7,10H2. The third-order valence-electron chi connectivity index (χ3n) is 3.32. The molecule has 3 rings (SSSR count). The molecule has 0 aromatic heterocycles. The van der Waals surface area contributed by atoms with Gasteiger partial charge in [0.2, 0.25) is 0 Å². The largest absolute Gasteiger partial charge is 0.488 e. The molecule has 0 N–H and O–H groups in total. The zero-order chi connectivity index (χ0) is 13.2. The highest BCUT2D eigenvalue weighted by atomic mass is 79.9. The summed E-state index contributed by atoms with van der Waals surface area (Å²) in [7, 11) is 0. The number of Topliss-reactive ketones (excluding diaryl/α,β-unsaturated/α-hetero) is 1. The second-order valence-corrected chi connectivity index (χ2v) is 5.49. The first-order valence-electron chi connectivity index (χ1n) is 6.26. The Morgan fingerprint density at radius 2 is 1.89 bits per heavy atom. The number of carbonyl (C=O) groups is 1. The number of hydrogen-bond acceptors (Lipinski definition) is 2. The van der Waals surface area contributed by atoms with Crippen molar-refractivity contribution in [3.8, 4) is 5.75 Å². The fourth-order valence-electron chi connectivity index (χ4n) is 2.29. The Balaban J connectivity index is 1.81. The van der Waals surface area contributed by atoms with Crippen LogP contribution in [0.25, 0.3) is 0 Å². The van der Waals surface area contributed by atoms with Gasteiger partial charge in [-0.1, -0.05) is 30.3 Å². The van der Waals surface area contributed by atoms with Gasteiger partial charge in [-0.3, -0.25) is 4.79 Å². The van der Waals surface area contributed by atoms with Crippen LogP contribution < -0.4 is 4.74 Å². The van der Waals surface area contributed by atoms with Crippen LogP contribution in [0, 0.1) is 0 Å². The van der Waals surface area contributed by atoms with Crippen molar-refractivity contribution in [1.82, 2.24) is 0 Å². The Labute approximate surface area is 120 Å². The summed E-state index contributed by atoms with van der Waals surface area (Å²) in [6.45, 7) is 0.534. The zero-order valence-corrected chi connectivity index (χ0v) is 11.9. The van der Waals surface area contributed by atoms with Crippen LogP contribution in [-0.2, 0) is 13.0 Å². The summed E-state index contributed by atoms with van der Waals surface area (Å²) in [5, 5.41) is 0. The van der Waals surface area contributed by atoms with Gasteiger partial charge in [0.25, 0.3) is 0 Å². The molecule has 0 fully saturated rings. The second kappa shape index (κ2) is 5.17. The minimum absolute atomic E-state index is 0.227. The minimum atomic E-state index is 0.227. The van der Waals surface area contributed by atoms with Crippen molar-refractivity contribution in [3.05, 3.63) is 63.6 Å². The van der Waals surface area contributed by atoms with Crippen LogP contribution in [0.4, 0.5) is 0 Å². The summed E-state index contributed by atoms with van der Waals surface area (Å²) in [4.78, 5) is 11.6. The lowest BCUT2D eigenvalue weighted by Gasteiger charge is -2.10. The Morgan fingerprint density at radius 1 is 1.11 bits per heavy atom. The molecule has 0 unspecified atom stereocenters. The van der Waals surface area contributed by atoms with Gasteiger partial charge in [0.05, 0.1) is 4.47 Å². The van der Waals surface area contributed by atoms with E-state index in [2.05, 4.69) is 15.9 Å². The number of ether oxygens (including phenoxy) is 1. The highest BCUT2D eigenvalue weighted by Crippen LogP contribution is 2.33. The quantitative estimate of drug-likeness (QED) is 0.850. The first kappa shape index (κ1) is 12.4. The maximum atomic E-state index is 11.6. The Kier molecular flexibility index (Phi) is 3.38. The van der Waals surface area contributed by atoms with Gasteiger partial charge in [-0.2, -0.15) is 0 Å². The molecule has 19 heavy (non-hydrogen) atoms. The van der Waals surface area contributed by atoms with E-state index in [1.54, 1.807) is 0 Å². The number of fused-ring (bicyclic) bond motifs is 1. The molecule has 2 nitrogen and oxygen atoms in total. The van der Waals surface area contributed by atoms with Crippen molar-refractivity contribution in [2.75, 3.05) is 0 Å². The number of rotatable bonds is 3. The third-order valence-corrected chi connectivity index (χ3v) is 3.94. The van der Waals surface area contributed by atoms with Crippen LogP contribution in [0.2, 0.25) is 0 Å². The lowest BCUT2D eigenvalue weighted by molar-refractivity contribution is 0.0994. The van der Waals surface area contributed by atoms with Crippen LogP contribution in [-0.4, -0.2) is 5.78 Å². The summed E-state index contributed by atoms with van der Waals surface area (Å²) in [5.74, 6) is 1.03. The van der Waals surface area contributed by atoms with Crippen molar-refractivity contribution in [2.24, 2.45) is 0 Å². The molecule has 2 aromatic carbocycles. The van der Waals surface area contributed by atoms with Gasteiger partial charge in [-0.15, -0.1) is 0 Å². The Morgan fingerprint density at radius 3 is 2.68 bits per heavy atom. The summed E-state index contributed by atoms with van der Waals surface area (Å²) >= 11 is 3.47. The molecule has 2 aromatic rings. The molecule has 3 heteroatoms. The topological polar surface area (TPSA) is 26.3 Å². The van der Waals surface area contributed by atoms with E-state index in [1.807, 2.05) is 42.5 Å². The molecule has 0 saturated carbocycles. The van der Waals surface area contributed by atoms with Crippen LogP contribution in [0.1, 0.15) is 27.9 Å². The molecule has 0 amide bonds. The van der Waals surface area contributed by atoms with Crippen LogP contribution in [0.15, 0.2) is 46.9 Å². The summed E-state index contributed by atoms with van der Waals surface area (Å²) in [5.41, 5.74) is 3.06. The number of carbonyl (C=O) groups excluding carboxylic acids is 1. The van der Waals surface area contributed by atoms with Gasteiger partial charge in [-0.05, 0) is 45.6 Å². The molecule has 96 valence electrons. The van der Waals surface area contributed by atoms with Gasteiger partial charge in [0, 0.05) is 12.0 Å². The van der Waals surface area contributed by atoms with Crippen molar-refractivity contribution in [2.45, 2.75) is 19.4 Å². The zero-order valence-electron chi connectivity index (χ0n) is 10.4. The number of hydrogen-bond donors (Lipinski definition) is 0. The SMILES string of the molecule is O=C1CCc2cc(OCc3ccccc3)c(Br)cc21. The fraction of sp³-hybridized carbons (Fsp3) is 0.188. The highest BCUT2D eigenvalue weighted by molar-refractivity contribution is 9.10. The third kappa shape index (κ3) is 2.56. The van der Waals surface area contributed by atoms with Gasteiger partial charge < -0.3 is 4.74 Å². The molecule has 0 heterocycles. The molecule has 1 aliphatic rings. The number of benzene rings is 2. The predicted octanol–water partition coefficient (Wildman–Crippen LogP) is 4.16. The first-order valence-corrected chi connectivity index (χ1v) is 7.05. The maximum Gasteiger partial charge on any atom is 0.163 e. The number of aryl methyl sites for hydroxylation is 1. The lowest BCUT2D eigenvalue weighted by atomic mass is 10.1. The van der Waals surface area contributed by atoms with Crippen molar-refractivity contribution in [3.63, 3.8) is 0 Å². The van der Waals surface area contributed by atoms with E-state index >= 15 is 0 Å². The van der Waals surface area contributed by atoms with E-state index in [0.29, 0.717) is 13.0 Å². The van der Waals surface area contributed by atoms with Crippen LogP contribution in [0.3, 0.4) is 0 Å². The van der Waals surface area contributed by atoms with Crippen molar-refractivity contribution >= 4 is 21.7 Å². The highest BCUT2D eigenvalue weighted by Gasteiger charge is 2.21.